The van der Waals surface area contributed by atoms with Crippen molar-refractivity contribution in [1.29, 1.82) is 0 Å². The zero-order chi connectivity index (χ0) is 14.7. The number of anilines is 1. The molecule has 0 spiro atoms. The molecule has 0 aliphatic rings. The number of aryl methyl sites for hydroxylation is 1. The van der Waals surface area contributed by atoms with E-state index < -0.39 is 17.7 Å². The van der Waals surface area contributed by atoms with Crippen molar-refractivity contribution in [2.45, 2.75) is 13.0 Å². The SMILES string of the molecule is Cc1cc(NCC(O)c2cc(F)ccc2F)ccc1F. The van der Waals surface area contributed by atoms with E-state index in [4.69, 9.17) is 0 Å². The molecule has 5 heteroatoms. The number of rotatable bonds is 4. The van der Waals surface area contributed by atoms with E-state index >= 15 is 0 Å². The van der Waals surface area contributed by atoms with Gasteiger partial charge in [-0.25, -0.2) is 13.2 Å². The number of aliphatic hydroxyl groups excluding tert-OH is 1. The van der Waals surface area contributed by atoms with Gasteiger partial charge in [0.05, 0.1) is 6.10 Å². The lowest BCUT2D eigenvalue weighted by Gasteiger charge is -2.14. The first-order valence-corrected chi connectivity index (χ1v) is 6.10. The standard InChI is InChI=1S/C15H14F3NO/c1-9-6-11(3-5-13(9)17)19-8-15(20)12-7-10(16)2-4-14(12)18/h2-7,15,19-20H,8H2,1H3. The third-order valence-corrected chi connectivity index (χ3v) is 2.97. The van der Waals surface area contributed by atoms with Gasteiger partial charge < -0.3 is 10.4 Å². The zero-order valence-electron chi connectivity index (χ0n) is 10.8. The minimum Gasteiger partial charge on any atom is -0.386 e. The lowest BCUT2D eigenvalue weighted by atomic mass is 10.1. The molecular weight excluding hydrogens is 267 g/mol. The van der Waals surface area contributed by atoms with E-state index in [1.54, 1.807) is 13.0 Å². The molecule has 20 heavy (non-hydrogen) atoms. The quantitative estimate of drug-likeness (QED) is 0.898. The molecule has 0 aliphatic heterocycles. The molecule has 0 bridgehead atoms. The van der Waals surface area contributed by atoms with Gasteiger partial charge in [-0.05, 0) is 48.9 Å². The molecule has 1 unspecified atom stereocenters. The summed E-state index contributed by atoms with van der Waals surface area (Å²) in [5, 5.41) is 12.7. The van der Waals surface area contributed by atoms with Crippen LogP contribution >= 0.6 is 0 Å². The monoisotopic (exact) mass is 281 g/mol. The molecule has 106 valence electrons. The van der Waals surface area contributed by atoms with Crippen molar-refractivity contribution in [2.24, 2.45) is 0 Å². The number of hydrogen-bond donors (Lipinski definition) is 2. The first-order valence-electron chi connectivity index (χ1n) is 6.10. The van der Waals surface area contributed by atoms with Gasteiger partial charge >= 0.3 is 0 Å². The van der Waals surface area contributed by atoms with Gasteiger partial charge in [0, 0.05) is 17.8 Å². The van der Waals surface area contributed by atoms with Crippen molar-refractivity contribution < 1.29 is 18.3 Å². The first-order chi connectivity index (χ1) is 9.47. The Labute approximate surface area is 114 Å². The largest absolute Gasteiger partial charge is 0.386 e. The predicted octanol–water partition coefficient (Wildman–Crippen LogP) is 3.56. The summed E-state index contributed by atoms with van der Waals surface area (Å²) in [5.41, 5.74) is 0.942. The Balaban J connectivity index is 2.06. The van der Waals surface area contributed by atoms with Gasteiger partial charge in [0.15, 0.2) is 0 Å². The summed E-state index contributed by atoms with van der Waals surface area (Å²) in [5.74, 6) is -1.61. The molecule has 0 aromatic heterocycles. The molecule has 1 atom stereocenters. The zero-order valence-corrected chi connectivity index (χ0v) is 10.8. The second kappa shape index (κ2) is 5.96. The molecule has 0 heterocycles. The maximum absolute atomic E-state index is 13.5. The summed E-state index contributed by atoms with van der Waals surface area (Å²) in [6, 6.07) is 7.30. The fourth-order valence-corrected chi connectivity index (χ4v) is 1.85. The van der Waals surface area contributed by atoms with Crippen LogP contribution in [0.15, 0.2) is 36.4 Å². The normalized spacial score (nSPS) is 12.2. The Morgan fingerprint density at radius 2 is 1.75 bits per heavy atom. The van der Waals surface area contributed by atoms with Gasteiger partial charge in [-0.1, -0.05) is 0 Å². The van der Waals surface area contributed by atoms with Gasteiger partial charge in [0.25, 0.3) is 0 Å². The van der Waals surface area contributed by atoms with Crippen molar-refractivity contribution >= 4 is 5.69 Å². The van der Waals surface area contributed by atoms with Crippen LogP contribution in [-0.4, -0.2) is 11.7 Å². The van der Waals surface area contributed by atoms with Crippen LogP contribution in [0.2, 0.25) is 0 Å². The summed E-state index contributed by atoms with van der Waals surface area (Å²) in [7, 11) is 0. The molecule has 0 saturated heterocycles. The van der Waals surface area contributed by atoms with Crippen LogP contribution in [0.5, 0.6) is 0 Å². The topological polar surface area (TPSA) is 32.3 Å². The summed E-state index contributed by atoms with van der Waals surface area (Å²) in [6.07, 6.45) is -1.20. The highest BCUT2D eigenvalue weighted by molar-refractivity contribution is 5.46. The highest BCUT2D eigenvalue weighted by atomic mass is 19.1. The van der Waals surface area contributed by atoms with E-state index in [1.807, 2.05) is 0 Å². The number of halogens is 3. The van der Waals surface area contributed by atoms with Crippen molar-refractivity contribution in [3.63, 3.8) is 0 Å². The molecule has 2 nitrogen and oxygen atoms in total. The molecule has 2 aromatic rings. The van der Waals surface area contributed by atoms with Gasteiger partial charge in [-0.3, -0.25) is 0 Å². The molecule has 0 radical (unpaired) electrons. The van der Waals surface area contributed by atoms with Crippen molar-refractivity contribution in [3.8, 4) is 0 Å². The average Bonchev–Trinajstić information content (AvgIpc) is 2.42. The smallest absolute Gasteiger partial charge is 0.129 e. The van der Waals surface area contributed by atoms with E-state index in [1.165, 1.54) is 12.1 Å². The van der Waals surface area contributed by atoms with E-state index in [-0.39, 0.29) is 17.9 Å². The Bertz CT molecular complexity index is 616. The Morgan fingerprint density at radius 1 is 1.05 bits per heavy atom. The highest BCUT2D eigenvalue weighted by Gasteiger charge is 2.13. The molecular formula is C15H14F3NO. The van der Waals surface area contributed by atoms with Crippen LogP contribution in [0, 0.1) is 24.4 Å². The summed E-state index contributed by atoms with van der Waals surface area (Å²) in [4.78, 5) is 0. The summed E-state index contributed by atoms with van der Waals surface area (Å²) >= 11 is 0. The van der Waals surface area contributed by atoms with Gasteiger partial charge in [-0.15, -0.1) is 0 Å². The summed E-state index contributed by atoms with van der Waals surface area (Å²) < 4.78 is 39.6. The molecule has 2 rings (SSSR count). The van der Waals surface area contributed by atoms with Crippen molar-refractivity contribution in [2.75, 3.05) is 11.9 Å². The molecule has 0 fully saturated rings. The van der Waals surface area contributed by atoms with Gasteiger partial charge in [0.1, 0.15) is 17.5 Å². The minimum absolute atomic E-state index is 0.00849. The Hall–Kier alpha value is -2.01. The Kier molecular flexibility index (Phi) is 4.29. The fraction of sp³-hybridized carbons (Fsp3) is 0.200. The molecule has 0 saturated carbocycles. The van der Waals surface area contributed by atoms with Gasteiger partial charge in [-0.2, -0.15) is 0 Å². The Morgan fingerprint density at radius 3 is 2.45 bits per heavy atom. The third kappa shape index (κ3) is 3.30. The summed E-state index contributed by atoms with van der Waals surface area (Å²) in [6.45, 7) is 1.61. The number of benzene rings is 2. The maximum Gasteiger partial charge on any atom is 0.129 e. The van der Waals surface area contributed by atoms with Crippen LogP contribution in [0.3, 0.4) is 0 Å². The molecule has 2 N–H and O–H groups in total. The average molecular weight is 281 g/mol. The van der Waals surface area contributed by atoms with E-state index in [9.17, 15) is 18.3 Å². The van der Waals surface area contributed by atoms with Crippen molar-refractivity contribution in [1.82, 2.24) is 0 Å². The van der Waals surface area contributed by atoms with Crippen LogP contribution in [0.25, 0.3) is 0 Å². The number of hydrogen-bond acceptors (Lipinski definition) is 2. The molecule has 0 aliphatic carbocycles. The van der Waals surface area contributed by atoms with Crippen LogP contribution in [-0.2, 0) is 0 Å². The van der Waals surface area contributed by atoms with Crippen LogP contribution < -0.4 is 5.32 Å². The van der Waals surface area contributed by atoms with E-state index in [0.717, 1.165) is 18.2 Å². The second-order valence-corrected chi connectivity index (χ2v) is 4.53. The molecule has 2 aromatic carbocycles. The minimum atomic E-state index is -1.20. The maximum atomic E-state index is 13.5. The lowest BCUT2D eigenvalue weighted by Crippen LogP contribution is -2.14. The van der Waals surface area contributed by atoms with Crippen LogP contribution in [0.1, 0.15) is 17.2 Å². The highest BCUT2D eigenvalue weighted by Crippen LogP contribution is 2.20. The van der Waals surface area contributed by atoms with Crippen LogP contribution in [0.4, 0.5) is 18.9 Å². The third-order valence-electron chi connectivity index (χ3n) is 2.97. The van der Waals surface area contributed by atoms with Crippen molar-refractivity contribution in [3.05, 3.63) is 65.0 Å². The fourth-order valence-electron chi connectivity index (χ4n) is 1.85. The van der Waals surface area contributed by atoms with E-state index in [0.29, 0.717) is 11.3 Å². The number of aliphatic hydroxyl groups is 1. The number of nitrogens with one attached hydrogen (secondary N) is 1. The van der Waals surface area contributed by atoms with Gasteiger partial charge in [0.2, 0.25) is 0 Å². The predicted molar refractivity (Wildman–Crippen MR) is 70.9 cm³/mol. The first kappa shape index (κ1) is 14.4. The van der Waals surface area contributed by atoms with E-state index in [2.05, 4.69) is 5.32 Å². The lowest BCUT2D eigenvalue weighted by molar-refractivity contribution is 0.186. The second-order valence-electron chi connectivity index (χ2n) is 4.53. The molecule has 0 amide bonds.